The quantitative estimate of drug-likeness (QED) is 0.713. The van der Waals surface area contributed by atoms with Gasteiger partial charge >= 0.3 is 0 Å². The fourth-order valence-corrected chi connectivity index (χ4v) is 3.91. The maximum absolute atomic E-state index is 9.69. The third-order valence-corrected chi connectivity index (χ3v) is 5.29. The molecule has 0 aromatic heterocycles. The molecule has 17 heavy (non-hydrogen) atoms. The van der Waals surface area contributed by atoms with E-state index < -0.39 is 0 Å². The summed E-state index contributed by atoms with van der Waals surface area (Å²) in [4.78, 5) is 0. The molecule has 0 aromatic rings. The molecule has 3 unspecified atom stereocenters. The lowest BCUT2D eigenvalue weighted by Crippen LogP contribution is -2.13. The average Bonchev–Trinajstić information content (AvgIpc) is 2.74. The molecule has 2 aliphatic carbocycles. The van der Waals surface area contributed by atoms with E-state index in [1.54, 1.807) is 0 Å². The van der Waals surface area contributed by atoms with Gasteiger partial charge in [-0.15, -0.1) is 0 Å². The van der Waals surface area contributed by atoms with Crippen LogP contribution in [0.15, 0.2) is 0 Å². The van der Waals surface area contributed by atoms with Crippen molar-refractivity contribution in [1.82, 2.24) is 0 Å². The molecule has 2 fully saturated rings. The third kappa shape index (κ3) is 4.28. The highest BCUT2D eigenvalue weighted by molar-refractivity contribution is 4.75. The van der Waals surface area contributed by atoms with Gasteiger partial charge in [0.15, 0.2) is 0 Å². The maximum Gasteiger partial charge on any atom is 0.0540 e. The van der Waals surface area contributed by atoms with Crippen molar-refractivity contribution in [1.29, 1.82) is 0 Å². The SMILES string of the molecule is CC(CCC1CCCC1)C1CCCC(O)CC1. The van der Waals surface area contributed by atoms with Crippen LogP contribution in [-0.4, -0.2) is 11.2 Å². The average molecular weight is 238 g/mol. The maximum atomic E-state index is 9.69. The Balaban J connectivity index is 1.68. The predicted octanol–water partition coefficient (Wildman–Crippen LogP) is 4.53. The van der Waals surface area contributed by atoms with Gasteiger partial charge in [-0.05, 0) is 37.0 Å². The van der Waals surface area contributed by atoms with Crippen molar-refractivity contribution in [3.05, 3.63) is 0 Å². The van der Waals surface area contributed by atoms with Gasteiger partial charge in [-0.1, -0.05) is 58.3 Å². The Morgan fingerprint density at radius 3 is 2.47 bits per heavy atom. The van der Waals surface area contributed by atoms with E-state index in [0.717, 1.165) is 30.6 Å². The van der Waals surface area contributed by atoms with Crippen LogP contribution < -0.4 is 0 Å². The fraction of sp³-hybridized carbons (Fsp3) is 1.00. The summed E-state index contributed by atoms with van der Waals surface area (Å²) < 4.78 is 0. The summed E-state index contributed by atoms with van der Waals surface area (Å²) >= 11 is 0. The van der Waals surface area contributed by atoms with Gasteiger partial charge in [-0.2, -0.15) is 0 Å². The van der Waals surface area contributed by atoms with E-state index in [1.807, 2.05) is 0 Å². The van der Waals surface area contributed by atoms with Crippen LogP contribution in [-0.2, 0) is 0 Å². The molecular weight excluding hydrogens is 208 g/mol. The molecule has 1 N–H and O–H groups in total. The van der Waals surface area contributed by atoms with Gasteiger partial charge in [-0.3, -0.25) is 0 Å². The number of hydrogen-bond donors (Lipinski definition) is 1. The second kappa shape index (κ2) is 6.78. The van der Waals surface area contributed by atoms with Gasteiger partial charge in [0.05, 0.1) is 6.10 Å². The van der Waals surface area contributed by atoms with Gasteiger partial charge in [0.2, 0.25) is 0 Å². The Hall–Kier alpha value is -0.0400. The Labute approximate surface area is 107 Å². The summed E-state index contributed by atoms with van der Waals surface area (Å²) in [5.74, 6) is 2.84. The van der Waals surface area contributed by atoms with Crippen LogP contribution in [0.4, 0.5) is 0 Å². The van der Waals surface area contributed by atoms with Crippen LogP contribution in [0, 0.1) is 17.8 Å². The van der Waals surface area contributed by atoms with E-state index in [9.17, 15) is 5.11 Å². The molecule has 0 amide bonds. The summed E-state index contributed by atoms with van der Waals surface area (Å²) in [6.45, 7) is 2.46. The third-order valence-electron chi connectivity index (χ3n) is 5.29. The second-order valence-electron chi connectivity index (χ2n) is 6.63. The molecule has 2 aliphatic rings. The predicted molar refractivity (Wildman–Crippen MR) is 72.9 cm³/mol. The Kier molecular flexibility index (Phi) is 5.34. The highest BCUT2D eigenvalue weighted by Gasteiger charge is 2.23. The van der Waals surface area contributed by atoms with Gasteiger partial charge < -0.3 is 5.11 Å². The van der Waals surface area contributed by atoms with E-state index in [1.165, 1.54) is 57.8 Å². The van der Waals surface area contributed by atoms with Gasteiger partial charge in [0.25, 0.3) is 0 Å². The van der Waals surface area contributed by atoms with Gasteiger partial charge in [0, 0.05) is 0 Å². The van der Waals surface area contributed by atoms with E-state index in [4.69, 9.17) is 0 Å². The summed E-state index contributed by atoms with van der Waals surface area (Å²) in [5.41, 5.74) is 0. The van der Waals surface area contributed by atoms with Crippen molar-refractivity contribution in [2.45, 2.75) is 83.7 Å². The Morgan fingerprint density at radius 2 is 1.71 bits per heavy atom. The minimum absolute atomic E-state index is 0.00188. The highest BCUT2D eigenvalue weighted by atomic mass is 16.3. The van der Waals surface area contributed by atoms with Crippen LogP contribution in [0.1, 0.15) is 77.6 Å². The lowest BCUT2D eigenvalue weighted by atomic mass is 9.82. The molecule has 100 valence electrons. The van der Waals surface area contributed by atoms with Crippen LogP contribution in [0.25, 0.3) is 0 Å². The summed E-state index contributed by atoms with van der Waals surface area (Å²) in [6.07, 6.45) is 14.9. The zero-order chi connectivity index (χ0) is 12.1. The number of rotatable bonds is 4. The molecule has 0 radical (unpaired) electrons. The van der Waals surface area contributed by atoms with Crippen LogP contribution >= 0.6 is 0 Å². The lowest BCUT2D eigenvalue weighted by Gasteiger charge is -2.23. The van der Waals surface area contributed by atoms with Crippen LogP contribution in [0.3, 0.4) is 0 Å². The normalized spacial score (nSPS) is 33.5. The van der Waals surface area contributed by atoms with Crippen molar-refractivity contribution >= 4 is 0 Å². The van der Waals surface area contributed by atoms with Crippen molar-refractivity contribution in [3.8, 4) is 0 Å². The van der Waals surface area contributed by atoms with Crippen molar-refractivity contribution in [2.24, 2.45) is 17.8 Å². The first-order valence-corrected chi connectivity index (χ1v) is 7.93. The zero-order valence-corrected chi connectivity index (χ0v) is 11.5. The second-order valence-corrected chi connectivity index (χ2v) is 6.63. The summed E-state index contributed by atoms with van der Waals surface area (Å²) in [6, 6.07) is 0. The molecule has 2 saturated carbocycles. The first-order valence-electron chi connectivity index (χ1n) is 7.93. The standard InChI is InChI=1S/C16H30O/c1-13(9-10-14-5-2-3-6-14)15-7-4-8-16(17)12-11-15/h13-17H,2-12H2,1H3. The molecule has 0 spiro atoms. The molecule has 1 heteroatoms. The summed E-state index contributed by atoms with van der Waals surface area (Å²) in [7, 11) is 0. The molecule has 0 saturated heterocycles. The first kappa shape index (κ1) is 13.4. The largest absolute Gasteiger partial charge is 0.393 e. The zero-order valence-electron chi connectivity index (χ0n) is 11.5. The van der Waals surface area contributed by atoms with Crippen molar-refractivity contribution in [2.75, 3.05) is 0 Å². The molecular formula is C16H30O. The number of aliphatic hydroxyl groups excluding tert-OH is 1. The smallest absolute Gasteiger partial charge is 0.0540 e. The summed E-state index contributed by atoms with van der Waals surface area (Å²) in [5, 5.41) is 9.69. The van der Waals surface area contributed by atoms with E-state index in [2.05, 4.69) is 6.92 Å². The van der Waals surface area contributed by atoms with E-state index in [-0.39, 0.29) is 6.10 Å². The van der Waals surface area contributed by atoms with Crippen LogP contribution in [0.2, 0.25) is 0 Å². The first-order chi connectivity index (χ1) is 8.25. The van der Waals surface area contributed by atoms with E-state index in [0.29, 0.717) is 0 Å². The molecule has 1 nitrogen and oxygen atoms in total. The van der Waals surface area contributed by atoms with E-state index >= 15 is 0 Å². The lowest BCUT2D eigenvalue weighted by molar-refractivity contribution is 0.153. The molecule has 0 heterocycles. The fourth-order valence-electron chi connectivity index (χ4n) is 3.91. The van der Waals surface area contributed by atoms with Crippen molar-refractivity contribution < 1.29 is 5.11 Å². The minimum Gasteiger partial charge on any atom is -0.393 e. The van der Waals surface area contributed by atoms with Gasteiger partial charge in [0.1, 0.15) is 0 Å². The molecule has 2 rings (SSSR count). The number of hydrogen-bond acceptors (Lipinski definition) is 1. The Bertz CT molecular complexity index is 208. The Morgan fingerprint density at radius 1 is 0.941 bits per heavy atom. The van der Waals surface area contributed by atoms with Crippen LogP contribution in [0.5, 0.6) is 0 Å². The molecule has 0 bridgehead atoms. The van der Waals surface area contributed by atoms with Crippen molar-refractivity contribution in [3.63, 3.8) is 0 Å². The highest BCUT2D eigenvalue weighted by Crippen LogP contribution is 2.35. The number of aliphatic hydroxyl groups is 1. The molecule has 0 aromatic carbocycles. The van der Waals surface area contributed by atoms with Gasteiger partial charge in [-0.25, -0.2) is 0 Å². The molecule has 0 aliphatic heterocycles. The topological polar surface area (TPSA) is 20.2 Å². The minimum atomic E-state index is 0.00188. The monoisotopic (exact) mass is 238 g/mol. The molecule has 3 atom stereocenters.